The molecule has 1 N–H and O–H groups in total. The zero-order valence-electron chi connectivity index (χ0n) is 15.7. The summed E-state index contributed by atoms with van der Waals surface area (Å²) in [5.41, 5.74) is 0.332. The Labute approximate surface area is 150 Å². The van der Waals surface area contributed by atoms with Crippen molar-refractivity contribution in [3.63, 3.8) is 0 Å². The van der Waals surface area contributed by atoms with Crippen LogP contribution in [-0.2, 0) is 9.59 Å². The van der Waals surface area contributed by atoms with Gasteiger partial charge in [0.25, 0.3) is 0 Å². The van der Waals surface area contributed by atoms with Crippen LogP contribution in [0.15, 0.2) is 24.3 Å². The number of nitrogens with one attached hydrogen (secondary N) is 1. The smallest absolute Gasteiger partial charge is 0.238 e. The van der Waals surface area contributed by atoms with E-state index in [4.69, 9.17) is 4.74 Å². The molecule has 1 heterocycles. The van der Waals surface area contributed by atoms with Gasteiger partial charge < -0.3 is 15.0 Å². The number of anilines is 1. The van der Waals surface area contributed by atoms with Gasteiger partial charge in [-0.1, -0.05) is 32.9 Å². The van der Waals surface area contributed by atoms with Crippen LogP contribution in [0.1, 0.15) is 27.7 Å². The van der Waals surface area contributed by atoms with Crippen LogP contribution in [0.2, 0.25) is 0 Å². The summed E-state index contributed by atoms with van der Waals surface area (Å²) in [6.07, 6.45) is 0. The van der Waals surface area contributed by atoms with Crippen molar-refractivity contribution in [3.05, 3.63) is 24.3 Å². The summed E-state index contributed by atoms with van der Waals surface area (Å²) in [5.74, 6) is 0.781. The number of benzene rings is 1. The minimum atomic E-state index is -0.359. The Morgan fingerprint density at radius 2 is 1.76 bits per heavy atom. The summed E-state index contributed by atoms with van der Waals surface area (Å²) in [6, 6.07) is 7.43. The number of hydrogen-bond donors (Lipinski definition) is 1. The summed E-state index contributed by atoms with van der Waals surface area (Å²) in [5, 5.41) is 2.91. The molecule has 1 saturated heterocycles. The van der Waals surface area contributed by atoms with Crippen LogP contribution in [0.5, 0.6) is 5.75 Å². The molecule has 6 nitrogen and oxygen atoms in total. The Kier molecular flexibility index (Phi) is 6.42. The fourth-order valence-corrected chi connectivity index (χ4v) is 2.83. The Balaban J connectivity index is 1.84. The topological polar surface area (TPSA) is 61.9 Å². The molecule has 138 valence electrons. The highest BCUT2D eigenvalue weighted by Crippen LogP contribution is 2.23. The second kappa shape index (κ2) is 8.34. The van der Waals surface area contributed by atoms with E-state index in [1.165, 1.54) is 0 Å². The van der Waals surface area contributed by atoms with Gasteiger partial charge >= 0.3 is 0 Å². The lowest BCUT2D eigenvalue weighted by molar-refractivity contribution is -0.141. The molecule has 25 heavy (non-hydrogen) atoms. The lowest BCUT2D eigenvalue weighted by Gasteiger charge is -2.37. The van der Waals surface area contributed by atoms with Crippen LogP contribution in [0, 0.1) is 5.41 Å². The third-order valence-electron chi connectivity index (χ3n) is 4.13. The van der Waals surface area contributed by atoms with E-state index in [-0.39, 0.29) is 17.2 Å². The van der Waals surface area contributed by atoms with Crippen molar-refractivity contribution in [1.82, 2.24) is 9.80 Å². The molecule has 0 aliphatic carbocycles. The molecule has 1 aliphatic rings. The minimum absolute atomic E-state index is 0.0669. The fraction of sp³-hybridized carbons (Fsp3) is 0.579. The third-order valence-corrected chi connectivity index (χ3v) is 4.13. The van der Waals surface area contributed by atoms with Crippen LogP contribution in [0.4, 0.5) is 5.69 Å². The van der Waals surface area contributed by atoms with Gasteiger partial charge in [0.05, 0.1) is 18.8 Å². The second-order valence-electron chi connectivity index (χ2n) is 7.30. The number of nitrogens with zero attached hydrogens (tertiary/aromatic N) is 2. The van der Waals surface area contributed by atoms with Crippen LogP contribution in [0.3, 0.4) is 0 Å². The quantitative estimate of drug-likeness (QED) is 0.887. The average molecular weight is 347 g/mol. The molecule has 0 spiro atoms. The van der Waals surface area contributed by atoms with Gasteiger partial charge in [-0.25, -0.2) is 0 Å². The third kappa shape index (κ3) is 5.46. The summed E-state index contributed by atoms with van der Waals surface area (Å²) >= 11 is 0. The first kappa shape index (κ1) is 19.2. The van der Waals surface area contributed by atoms with Gasteiger partial charge in [0.1, 0.15) is 5.75 Å². The van der Waals surface area contributed by atoms with E-state index in [9.17, 15) is 9.59 Å². The maximum atomic E-state index is 12.3. The van der Waals surface area contributed by atoms with Gasteiger partial charge in [-0.15, -0.1) is 0 Å². The molecule has 1 aromatic rings. The summed E-state index contributed by atoms with van der Waals surface area (Å²) in [6.45, 7) is 11.3. The summed E-state index contributed by atoms with van der Waals surface area (Å²) in [4.78, 5) is 28.6. The van der Waals surface area contributed by atoms with Crippen LogP contribution < -0.4 is 10.1 Å². The van der Waals surface area contributed by atoms with E-state index in [1.54, 1.807) is 0 Å². The summed E-state index contributed by atoms with van der Waals surface area (Å²) in [7, 11) is 0. The largest absolute Gasteiger partial charge is 0.492 e. The standard InChI is InChI=1S/C19H29N3O3/c1-5-25-16-9-7-6-8-15(16)20-17(23)14-21-10-12-22(13-11-21)18(24)19(2,3)4/h6-9H,5,10-14H2,1-4H3,(H,20,23). The number of ether oxygens (including phenoxy) is 1. The Morgan fingerprint density at radius 1 is 1.12 bits per heavy atom. The highest BCUT2D eigenvalue weighted by molar-refractivity contribution is 5.93. The van der Waals surface area contributed by atoms with Crippen molar-refractivity contribution in [2.45, 2.75) is 27.7 Å². The van der Waals surface area contributed by atoms with Crippen molar-refractivity contribution in [1.29, 1.82) is 0 Å². The van der Waals surface area contributed by atoms with E-state index in [1.807, 2.05) is 56.9 Å². The van der Waals surface area contributed by atoms with Gasteiger partial charge in [-0.05, 0) is 19.1 Å². The average Bonchev–Trinajstić information content (AvgIpc) is 2.56. The number of carbonyl (C=O) groups excluding carboxylic acids is 2. The molecule has 0 bridgehead atoms. The molecule has 2 rings (SSSR count). The first-order valence-corrected chi connectivity index (χ1v) is 8.84. The van der Waals surface area contributed by atoms with Gasteiger partial charge in [-0.2, -0.15) is 0 Å². The SMILES string of the molecule is CCOc1ccccc1NC(=O)CN1CCN(C(=O)C(C)(C)C)CC1. The van der Waals surface area contributed by atoms with Crippen LogP contribution in [0.25, 0.3) is 0 Å². The number of amides is 2. The molecule has 2 amide bonds. The molecule has 0 aromatic heterocycles. The highest BCUT2D eigenvalue weighted by Gasteiger charge is 2.30. The van der Waals surface area contributed by atoms with E-state index < -0.39 is 0 Å². The predicted octanol–water partition coefficient (Wildman–Crippen LogP) is 2.21. The number of para-hydroxylation sites is 2. The minimum Gasteiger partial charge on any atom is -0.492 e. The molecule has 0 atom stereocenters. The van der Waals surface area contributed by atoms with E-state index in [2.05, 4.69) is 10.2 Å². The van der Waals surface area contributed by atoms with Crippen molar-refractivity contribution in [3.8, 4) is 5.75 Å². The van der Waals surface area contributed by atoms with E-state index in [0.29, 0.717) is 50.8 Å². The van der Waals surface area contributed by atoms with Gasteiger partial charge in [0.2, 0.25) is 11.8 Å². The molecule has 1 fully saturated rings. The number of rotatable bonds is 5. The van der Waals surface area contributed by atoms with Gasteiger partial charge in [0.15, 0.2) is 0 Å². The first-order chi connectivity index (χ1) is 11.8. The monoisotopic (exact) mass is 347 g/mol. The Hall–Kier alpha value is -2.08. The lowest BCUT2D eigenvalue weighted by Crippen LogP contribution is -2.52. The Bertz CT molecular complexity index is 602. The maximum absolute atomic E-state index is 12.3. The number of piperazine rings is 1. The lowest BCUT2D eigenvalue weighted by atomic mass is 9.94. The molecule has 0 radical (unpaired) electrons. The highest BCUT2D eigenvalue weighted by atomic mass is 16.5. The molecule has 6 heteroatoms. The van der Waals surface area contributed by atoms with Crippen molar-refractivity contribution in [2.24, 2.45) is 5.41 Å². The Morgan fingerprint density at radius 3 is 2.36 bits per heavy atom. The second-order valence-corrected chi connectivity index (χ2v) is 7.30. The van der Waals surface area contributed by atoms with Crippen LogP contribution in [-0.4, -0.2) is 60.9 Å². The molecule has 1 aromatic carbocycles. The van der Waals surface area contributed by atoms with E-state index >= 15 is 0 Å². The molecule has 1 aliphatic heterocycles. The first-order valence-electron chi connectivity index (χ1n) is 8.84. The molecular weight excluding hydrogens is 318 g/mol. The number of hydrogen-bond acceptors (Lipinski definition) is 4. The van der Waals surface area contributed by atoms with E-state index in [0.717, 1.165) is 0 Å². The molecular formula is C19H29N3O3. The maximum Gasteiger partial charge on any atom is 0.238 e. The van der Waals surface area contributed by atoms with Gasteiger partial charge in [-0.3, -0.25) is 14.5 Å². The molecule has 0 saturated carbocycles. The van der Waals surface area contributed by atoms with Crippen LogP contribution >= 0.6 is 0 Å². The molecule has 0 unspecified atom stereocenters. The summed E-state index contributed by atoms with van der Waals surface area (Å²) < 4.78 is 5.53. The van der Waals surface area contributed by atoms with Gasteiger partial charge in [0, 0.05) is 31.6 Å². The van der Waals surface area contributed by atoms with Crippen molar-refractivity contribution >= 4 is 17.5 Å². The normalized spacial score (nSPS) is 15.8. The van der Waals surface area contributed by atoms with Crippen molar-refractivity contribution < 1.29 is 14.3 Å². The fourth-order valence-electron chi connectivity index (χ4n) is 2.83. The predicted molar refractivity (Wildman–Crippen MR) is 98.7 cm³/mol. The zero-order valence-corrected chi connectivity index (χ0v) is 15.7. The zero-order chi connectivity index (χ0) is 18.4. The number of carbonyl (C=O) groups is 2. The van der Waals surface area contributed by atoms with Crippen molar-refractivity contribution in [2.75, 3.05) is 44.6 Å².